The number of carbonyl (C=O) groups is 1. The summed E-state index contributed by atoms with van der Waals surface area (Å²) in [6.45, 7) is 0. The fourth-order valence-electron chi connectivity index (χ4n) is 4.59. The van der Waals surface area contributed by atoms with Crippen molar-refractivity contribution in [2.24, 2.45) is 17.8 Å². The first-order chi connectivity index (χ1) is 13.8. The van der Waals surface area contributed by atoms with Gasteiger partial charge in [-0.25, -0.2) is 13.1 Å². The van der Waals surface area contributed by atoms with Crippen molar-refractivity contribution >= 4 is 44.7 Å². The molecule has 0 spiro atoms. The number of carboxylic acids is 1. The van der Waals surface area contributed by atoms with E-state index in [0.717, 1.165) is 34.8 Å². The minimum Gasteiger partial charge on any atom is -0.481 e. The Morgan fingerprint density at radius 3 is 2.83 bits per heavy atom. The van der Waals surface area contributed by atoms with Gasteiger partial charge in [0.25, 0.3) is 0 Å². The molecule has 0 aliphatic heterocycles. The molecule has 0 heterocycles. The summed E-state index contributed by atoms with van der Waals surface area (Å²) in [5.74, 6) is 0.486. The quantitative estimate of drug-likeness (QED) is 0.274. The summed E-state index contributed by atoms with van der Waals surface area (Å²) >= 11 is 2.21. The highest BCUT2D eigenvalue weighted by Crippen LogP contribution is 2.46. The largest absolute Gasteiger partial charge is 0.481 e. The van der Waals surface area contributed by atoms with E-state index in [1.54, 1.807) is 6.08 Å². The zero-order valence-corrected chi connectivity index (χ0v) is 19.3. The second-order valence-electron chi connectivity index (χ2n) is 8.08. The molecule has 2 N–H and O–H groups in total. The summed E-state index contributed by atoms with van der Waals surface area (Å²) in [6, 6.07) is 7.69. The molecule has 4 atom stereocenters. The van der Waals surface area contributed by atoms with E-state index in [1.165, 1.54) is 11.8 Å². The monoisotopic (exact) mass is 529 g/mol. The molecule has 1 aromatic rings. The van der Waals surface area contributed by atoms with Crippen LogP contribution in [0.4, 0.5) is 0 Å². The van der Waals surface area contributed by atoms with Crippen LogP contribution in [0.1, 0.15) is 50.5 Å². The van der Waals surface area contributed by atoms with Crippen LogP contribution in [0.3, 0.4) is 0 Å². The van der Waals surface area contributed by atoms with Crippen molar-refractivity contribution in [1.82, 2.24) is 4.72 Å². The van der Waals surface area contributed by atoms with Crippen LogP contribution in [0.15, 0.2) is 41.8 Å². The first-order valence-corrected chi connectivity index (χ1v) is 12.8. The number of sulfonamides is 1. The van der Waals surface area contributed by atoms with Crippen molar-refractivity contribution in [3.63, 3.8) is 0 Å². The number of hydrogen-bond acceptors (Lipinski definition) is 3. The van der Waals surface area contributed by atoms with Crippen LogP contribution in [0.25, 0.3) is 6.08 Å². The zero-order valence-electron chi connectivity index (χ0n) is 16.3. The number of benzene rings is 1. The van der Waals surface area contributed by atoms with Crippen LogP contribution in [-0.4, -0.2) is 25.5 Å². The fraction of sp³-hybridized carbons (Fsp3) is 0.500. The van der Waals surface area contributed by atoms with Crippen LogP contribution in [0.2, 0.25) is 0 Å². The Balaban J connectivity index is 1.59. The zero-order chi connectivity index (χ0) is 20.9. The number of rotatable bonds is 9. The Morgan fingerprint density at radius 1 is 1.28 bits per heavy atom. The van der Waals surface area contributed by atoms with E-state index >= 15 is 0 Å². The van der Waals surface area contributed by atoms with Crippen molar-refractivity contribution < 1.29 is 18.3 Å². The lowest BCUT2D eigenvalue weighted by molar-refractivity contribution is -0.137. The molecule has 5 nitrogen and oxygen atoms in total. The Bertz CT molecular complexity index is 881. The molecule has 0 aromatic heterocycles. The van der Waals surface area contributed by atoms with Crippen LogP contribution in [0, 0.1) is 21.3 Å². The number of aliphatic carboxylic acids is 1. The molecule has 4 rings (SSSR count). The number of halogens is 1. The molecule has 29 heavy (non-hydrogen) atoms. The van der Waals surface area contributed by atoms with Crippen LogP contribution < -0.4 is 4.72 Å². The molecule has 3 fully saturated rings. The second kappa shape index (κ2) is 10.2. The summed E-state index contributed by atoms with van der Waals surface area (Å²) in [5.41, 5.74) is 0.870. The number of nitrogens with one attached hydrogen (secondary N) is 1. The summed E-state index contributed by atoms with van der Waals surface area (Å²) in [6.07, 6.45) is 11.7. The van der Waals surface area contributed by atoms with E-state index in [2.05, 4.69) is 39.5 Å². The molecule has 158 valence electrons. The SMILES string of the molecule is O=C(O)CCC/C=C/C1CC2CCC1C(NS(=O)(=O)/C=C/c1cccc(I)c1)C2. The van der Waals surface area contributed by atoms with Crippen molar-refractivity contribution in [3.05, 3.63) is 51.0 Å². The molecule has 0 saturated heterocycles. The third-order valence-corrected chi connectivity index (χ3v) is 7.71. The average Bonchev–Trinajstić information content (AvgIpc) is 2.66. The topological polar surface area (TPSA) is 83.5 Å². The lowest BCUT2D eigenvalue weighted by Crippen LogP contribution is -2.49. The predicted octanol–water partition coefficient (Wildman–Crippen LogP) is 4.80. The maximum Gasteiger partial charge on any atom is 0.303 e. The Labute approximate surface area is 186 Å². The fourth-order valence-corrected chi connectivity index (χ4v) is 6.27. The normalized spacial score (nSPS) is 27.1. The van der Waals surface area contributed by atoms with Crippen molar-refractivity contribution in [3.8, 4) is 0 Å². The van der Waals surface area contributed by atoms with Gasteiger partial charge in [0.05, 0.1) is 0 Å². The molecule has 2 bridgehead atoms. The highest BCUT2D eigenvalue weighted by molar-refractivity contribution is 14.1. The van der Waals surface area contributed by atoms with Gasteiger partial charge < -0.3 is 5.11 Å². The first-order valence-electron chi connectivity index (χ1n) is 10.2. The molecular formula is C22H28INO4S. The predicted molar refractivity (Wildman–Crippen MR) is 124 cm³/mol. The minimum atomic E-state index is -3.50. The second-order valence-corrected chi connectivity index (χ2v) is 10.9. The van der Waals surface area contributed by atoms with Gasteiger partial charge in [0.1, 0.15) is 0 Å². The summed E-state index contributed by atoms with van der Waals surface area (Å²) in [5, 5.41) is 10.0. The van der Waals surface area contributed by atoms with E-state index in [4.69, 9.17) is 5.11 Å². The molecule has 0 amide bonds. The maximum atomic E-state index is 12.6. The average molecular weight is 529 g/mol. The van der Waals surface area contributed by atoms with Gasteiger partial charge in [0.15, 0.2) is 0 Å². The van der Waals surface area contributed by atoms with E-state index in [-0.39, 0.29) is 12.5 Å². The third-order valence-electron chi connectivity index (χ3n) is 5.92. The van der Waals surface area contributed by atoms with Crippen molar-refractivity contribution in [1.29, 1.82) is 0 Å². The number of allylic oxidation sites excluding steroid dienone is 2. The lowest BCUT2D eigenvalue weighted by Gasteiger charge is -2.46. The molecule has 0 radical (unpaired) electrons. The maximum absolute atomic E-state index is 12.6. The van der Waals surface area contributed by atoms with E-state index in [1.807, 2.05) is 24.3 Å². The number of fused-ring (bicyclic) bond motifs is 3. The molecule has 7 heteroatoms. The molecule has 3 saturated carbocycles. The van der Waals surface area contributed by atoms with Gasteiger partial charge in [-0.15, -0.1) is 0 Å². The summed E-state index contributed by atoms with van der Waals surface area (Å²) in [4.78, 5) is 10.6. The first kappa shape index (κ1) is 22.5. The summed E-state index contributed by atoms with van der Waals surface area (Å²) in [7, 11) is -3.50. The molecule has 1 aromatic carbocycles. The standard InChI is InChI=1S/C22H28INO4S/c23-19-7-4-5-16(14-19)11-12-29(27,28)24-21-15-17-9-10-20(21)18(13-17)6-2-1-3-8-22(25)26/h2,4-7,11-12,14,17-18,20-21,24H,1,3,8-10,13,15H2,(H,25,26)/b6-2+,12-11+. The molecule has 3 aliphatic rings. The minimum absolute atomic E-state index is 0.0262. The third kappa shape index (κ3) is 6.93. The van der Waals surface area contributed by atoms with Gasteiger partial charge in [0.2, 0.25) is 10.0 Å². The van der Waals surface area contributed by atoms with Gasteiger partial charge in [-0.05, 0) is 96.2 Å². The molecular weight excluding hydrogens is 501 g/mol. The Kier molecular flexibility index (Phi) is 7.92. The van der Waals surface area contributed by atoms with Crippen LogP contribution >= 0.6 is 22.6 Å². The number of unbranched alkanes of at least 4 members (excludes halogenated alkanes) is 1. The Morgan fingerprint density at radius 2 is 2.10 bits per heavy atom. The molecule has 3 aliphatic carbocycles. The number of carboxylic acid groups (broad SMARTS) is 1. The van der Waals surface area contributed by atoms with E-state index in [0.29, 0.717) is 24.2 Å². The Hall–Kier alpha value is -1.19. The summed E-state index contributed by atoms with van der Waals surface area (Å²) < 4.78 is 29.3. The van der Waals surface area contributed by atoms with Crippen LogP contribution in [0.5, 0.6) is 0 Å². The lowest BCUT2D eigenvalue weighted by atomic mass is 9.62. The molecule has 4 unspecified atom stereocenters. The van der Waals surface area contributed by atoms with Gasteiger partial charge in [-0.3, -0.25) is 4.79 Å². The van der Waals surface area contributed by atoms with Gasteiger partial charge in [0, 0.05) is 21.4 Å². The van der Waals surface area contributed by atoms with Gasteiger partial charge >= 0.3 is 5.97 Å². The van der Waals surface area contributed by atoms with E-state index in [9.17, 15) is 13.2 Å². The van der Waals surface area contributed by atoms with Gasteiger partial charge in [-0.2, -0.15) is 0 Å². The highest BCUT2D eigenvalue weighted by atomic mass is 127. The van der Waals surface area contributed by atoms with Crippen LogP contribution in [-0.2, 0) is 14.8 Å². The van der Waals surface area contributed by atoms with Gasteiger partial charge in [-0.1, -0.05) is 30.7 Å². The van der Waals surface area contributed by atoms with E-state index < -0.39 is 16.0 Å². The smallest absolute Gasteiger partial charge is 0.303 e. The highest BCUT2D eigenvalue weighted by Gasteiger charge is 2.42. The number of hydrogen-bond donors (Lipinski definition) is 2. The van der Waals surface area contributed by atoms with Crippen molar-refractivity contribution in [2.75, 3.05) is 0 Å². The van der Waals surface area contributed by atoms with Crippen molar-refractivity contribution in [2.45, 2.75) is 51.0 Å².